The van der Waals surface area contributed by atoms with Crippen LogP contribution in [0.1, 0.15) is 48.5 Å². The Morgan fingerprint density at radius 3 is 2.19 bits per heavy atom. The number of esters is 1. The molecule has 2 aliphatic heterocycles. The largest absolute Gasteiger partial charge is 0.465 e. The third kappa shape index (κ3) is 4.30. The summed E-state index contributed by atoms with van der Waals surface area (Å²) in [7, 11) is 0. The molecule has 6 unspecified atom stereocenters. The normalized spacial score (nSPS) is 31.9. The van der Waals surface area contributed by atoms with Crippen LogP contribution in [0, 0.1) is 28.5 Å². The van der Waals surface area contributed by atoms with Gasteiger partial charge in [-0.2, -0.15) is 13.2 Å². The standard InChI is InChI=1S/C31H32F4N2O5/c1-2-42-28(41)29-14-36(26(39)22-12-9-18-5-3-4-6-21(18)25(22)38)16-30(29,31(33,34)35)17-37(15-29)27(40)24-13-23(24)19-7-10-20(32)11-8-19/h3-8,10-11,22-25,38H,2,9,12-17H2,1H3. The summed E-state index contributed by atoms with van der Waals surface area (Å²) >= 11 is 0. The molecule has 2 amide bonds. The second-order valence-electron chi connectivity index (χ2n) is 12.1. The van der Waals surface area contributed by atoms with Gasteiger partial charge in [0, 0.05) is 32.1 Å². The molecule has 7 nitrogen and oxygen atoms in total. The molecule has 0 bridgehead atoms. The van der Waals surface area contributed by atoms with E-state index in [1.807, 2.05) is 12.1 Å². The molecule has 11 heteroatoms. The highest BCUT2D eigenvalue weighted by molar-refractivity contribution is 5.89. The van der Waals surface area contributed by atoms with Crippen LogP contribution in [-0.4, -0.2) is 71.7 Å². The number of carbonyl (C=O) groups is 3. The molecule has 3 fully saturated rings. The third-order valence-electron chi connectivity index (χ3n) is 9.79. The van der Waals surface area contributed by atoms with Crippen molar-refractivity contribution in [2.45, 2.75) is 44.4 Å². The van der Waals surface area contributed by atoms with Crippen molar-refractivity contribution in [3.63, 3.8) is 0 Å². The molecule has 6 rings (SSSR count). The SMILES string of the molecule is CCOC(=O)C12CN(C(=O)C3CCc4ccccc4C3O)CC1(C(F)(F)F)CN(C(=O)C1CC1c1ccc(F)cc1)C2. The van der Waals surface area contributed by atoms with Crippen LogP contribution in [0.5, 0.6) is 0 Å². The van der Waals surface area contributed by atoms with Crippen LogP contribution in [0.15, 0.2) is 48.5 Å². The van der Waals surface area contributed by atoms with Gasteiger partial charge in [-0.25, -0.2) is 4.39 Å². The van der Waals surface area contributed by atoms with E-state index in [1.165, 1.54) is 19.1 Å². The minimum absolute atomic E-state index is 0.163. The third-order valence-corrected chi connectivity index (χ3v) is 9.79. The number of aliphatic hydroxyl groups is 1. The highest BCUT2D eigenvalue weighted by atomic mass is 19.4. The number of rotatable bonds is 5. The van der Waals surface area contributed by atoms with E-state index in [0.717, 1.165) is 20.9 Å². The summed E-state index contributed by atoms with van der Waals surface area (Å²) in [6.07, 6.45) is -4.96. The molecule has 1 saturated carbocycles. The molecule has 2 heterocycles. The maximum absolute atomic E-state index is 15.2. The first-order chi connectivity index (χ1) is 19.9. The maximum Gasteiger partial charge on any atom is 0.399 e. The number of nitrogens with zero attached hydrogens (tertiary/aromatic N) is 2. The first-order valence-electron chi connectivity index (χ1n) is 14.3. The lowest BCUT2D eigenvalue weighted by Crippen LogP contribution is -2.55. The number of hydrogen-bond donors (Lipinski definition) is 1. The monoisotopic (exact) mass is 588 g/mol. The van der Waals surface area contributed by atoms with Gasteiger partial charge >= 0.3 is 12.1 Å². The Hall–Kier alpha value is -3.47. The van der Waals surface area contributed by atoms with E-state index in [2.05, 4.69) is 0 Å². The Balaban J connectivity index is 1.28. The molecule has 2 saturated heterocycles. The molecule has 0 spiro atoms. The van der Waals surface area contributed by atoms with Crippen LogP contribution in [0.2, 0.25) is 0 Å². The number of amides is 2. The average molecular weight is 589 g/mol. The average Bonchev–Trinajstić information content (AvgIpc) is 3.56. The molecular formula is C31H32F4N2O5. The molecule has 4 aliphatic rings. The Morgan fingerprint density at radius 1 is 0.952 bits per heavy atom. The lowest BCUT2D eigenvalue weighted by molar-refractivity contribution is -0.242. The van der Waals surface area contributed by atoms with Crippen molar-refractivity contribution in [3.8, 4) is 0 Å². The van der Waals surface area contributed by atoms with Gasteiger partial charge in [0.15, 0.2) is 0 Å². The minimum atomic E-state index is -4.94. The van der Waals surface area contributed by atoms with Crippen molar-refractivity contribution in [2.24, 2.45) is 22.7 Å². The van der Waals surface area contributed by atoms with Crippen LogP contribution in [-0.2, 0) is 25.5 Å². The molecule has 6 atom stereocenters. The van der Waals surface area contributed by atoms with Gasteiger partial charge in [0.1, 0.15) is 16.6 Å². The lowest BCUT2D eigenvalue weighted by Gasteiger charge is -2.36. The van der Waals surface area contributed by atoms with Crippen LogP contribution >= 0.6 is 0 Å². The number of hydrogen-bond acceptors (Lipinski definition) is 5. The van der Waals surface area contributed by atoms with E-state index in [9.17, 15) is 23.9 Å². The fourth-order valence-corrected chi connectivity index (χ4v) is 7.49. The molecular weight excluding hydrogens is 556 g/mol. The van der Waals surface area contributed by atoms with Crippen LogP contribution in [0.4, 0.5) is 17.6 Å². The maximum atomic E-state index is 15.2. The highest BCUT2D eigenvalue weighted by Gasteiger charge is 2.79. The fourth-order valence-electron chi connectivity index (χ4n) is 7.49. The van der Waals surface area contributed by atoms with Gasteiger partial charge in [-0.3, -0.25) is 14.4 Å². The van der Waals surface area contributed by atoms with Crippen molar-refractivity contribution in [2.75, 3.05) is 32.8 Å². The Kier molecular flexibility index (Phi) is 6.87. The van der Waals surface area contributed by atoms with Crippen molar-refractivity contribution >= 4 is 17.8 Å². The summed E-state index contributed by atoms with van der Waals surface area (Å²) in [5.41, 5.74) is -2.75. The zero-order valence-electron chi connectivity index (χ0n) is 23.1. The number of halogens is 4. The predicted molar refractivity (Wildman–Crippen MR) is 141 cm³/mol. The molecule has 0 aromatic heterocycles. The second kappa shape index (κ2) is 10.1. The van der Waals surface area contributed by atoms with Crippen molar-refractivity contribution in [1.82, 2.24) is 9.80 Å². The van der Waals surface area contributed by atoms with E-state index in [-0.39, 0.29) is 18.9 Å². The number of alkyl halides is 3. The number of aryl methyl sites for hydroxylation is 1. The molecule has 1 N–H and O–H groups in total. The molecule has 0 radical (unpaired) electrons. The number of likely N-dealkylation sites (tertiary alicyclic amines) is 2. The topological polar surface area (TPSA) is 87.2 Å². The summed E-state index contributed by atoms with van der Waals surface area (Å²) in [6.45, 7) is -1.35. The quantitative estimate of drug-likeness (QED) is 0.422. The lowest BCUT2D eigenvalue weighted by atomic mass is 9.67. The summed E-state index contributed by atoms with van der Waals surface area (Å²) in [4.78, 5) is 42.9. The number of carbonyl (C=O) groups excluding carboxylic acids is 3. The molecule has 224 valence electrons. The molecule has 2 aromatic carbocycles. The first kappa shape index (κ1) is 28.6. The van der Waals surface area contributed by atoms with Gasteiger partial charge in [0.25, 0.3) is 0 Å². The van der Waals surface area contributed by atoms with Gasteiger partial charge in [0.05, 0.1) is 18.6 Å². The van der Waals surface area contributed by atoms with E-state index in [0.29, 0.717) is 18.4 Å². The van der Waals surface area contributed by atoms with Crippen molar-refractivity contribution < 1.29 is 41.8 Å². The van der Waals surface area contributed by atoms with Gasteiger partial charge in [-0.05, 0) is 60.9 Å². The van der Waals surface area contributed by atoms with Gasteiger partial charge < -0.3 is 19.6 Å². The van der Waals surface area contributed by atoms with E-state index < -0.39 is 84.7 Å². The van der Waals surface area contributed by atoms with Gasteiger partial charge in [-0.1, -0.05) is 36.4 Å². The zero-order chi connectivity index (χ0) is 30.0. The Bertz CT molecular complexity index is 1410. The smallest absolute Gasteiger partial charge is 0.399 e. The number of benzene rings is 2. The summed E-state index contributed by atoms with van der Waals surface area (Å²) < 4.78 is 64.1. The second-order valence-corrected chi connectivity index (χ2v) is 12.1. The zero-order valence-corrected chi connectivity index (χ0v) is 23.1. The number of fused-ring (bicyclic) bond motifs is 2. The van der Waals surface area contributed by atoms with E-state index in [1.54, 1.807) is 24.3 Å². The van der Waals surface area contributed by atoms with E-state index in [4.69, 9.17) is 4.74 Å². The van der Waals surface area contributed by atoms with Crippen molar-refractivity contribution in [3.05, 3.63) is 71.0 Å². The van der Waals surface area contributed by atoms with Crippen LogP contribution in [0.3, 0.4) is 0 Å². The van der Waals surface area contributed by atoms with Gasteiger partial charge in [-0.15, -0.1) is 0 Å². The van der Waals surface area contributed by atoms with E-state index >= 15 is 13.2 Å². The number of aliphatic hydroxyl groups excluding tert-OH is 1. The first-order valence-corrected chi connectivity index (χ1v) is 14.3. The Labute approximate surface area is 240 Å². The minimum Gasteiger partial charge on any atom is -0.465 e. The van der Waals surface area contributed by atoms with Crippen LogP contribution in [0.25, 0.3) is 0 Å². The molecule has 42 heavy (non-hydrogen) atoms. The summed E-state index contributed by atoms with van der Waals surface area (Å²) in [5, 5.41) is 11.0. The summed E-state index contributed by atoms with van der Waals surface area (Å²) in [5.74, 6) is -4.43. The summed E-state index contributed by atoms with van der Waals surface area (Å²) in [6, 6.07) is 12.8. The highest BCUT2D eigenvalue weighted by Crippen LogP contribution is 2.62. The number of ether oxygens (including phenoxy) is 1. The molecule has 2 aliphatic carbocycles. The van der Waals surface area contributed by atoms with Gasteiger partial charge in [0.2, 0.25) is 11.8 Å². The fraction of sp³-hybridized carbons (Fsp3) is 0.516. The predicted octanol–water partition coefficient (Wildman–Crippen LogP) is 4.01. The van der Waals surface area contributed by atoms with Crippen LogP contribution < -0.4 is 0 Å². The molecule has 2 aromatic rings. The Morgan fingerprint density at radius 2 is 1.57 bits per heavy atom. The van der Waals surface area contributed by atoms with Crippen molar-refractivity contribution in [1.29, 1.82) is 0 Å².